The molecular weight excluding hydrogens is 312 g/mol. The van der Waals surface area contributed by atoms with Crippen molar-refractivity contribution in [2.75, 3.05) is 5.32 Å². The van der Waals surface area contributed by atoms with Gasteiger partial charge in [0.25, 0.3) is 11.5 Å². The number of hydrogen-bond donors (Lipinski definition) is 1. The van der Waals surface area contributed by atoms with E-state index in [4.69, 9.17) is 0 Å². The van der Waals surface area contributed by atoms with Crippen LogP contribution in [0.25, 0.3) is 4.96 Å². The van der Waals surface area contributed by atoms with Gasteiger partial charge in [0.2, 0.25) is 4.96 Å². The molecule has 1 aromatic carbocycles. The number of carbonyl (C=O) groups excluding carboxylic acids is 1. The quantitative estimate of drug-likeness (QED) is 0.799. The topological polar surface area (TPSA) is 76.4 Å². The maximum Gasteiger partial charge on any atom is 0.298 e. The van der Waals surface area contributed by atoms with E-state index in [1.165, 1.54) is 22.0 Å². The fraction of sp³-hybridized carbons (Fsp3) is 0.250. The number of carbonyl (C=O) groups is 1. The number of fused-ring (bicyclic) bond motifs is 1. The zero-order chi connectivity index (χ0) is 16.4. The Morgan fingerprint density at radius 3 is 2.78 bits per heavy atom. The Hall–Kier alpha value is -2.54. The third-order valence-corrected chi connectivity index (χ3v) is 4.77. The molecule has 0 bridgehead atoms. The molecule has 23 heavy (non-hydrogen) atoms. The number of aromatic nitrogens is 3. The van der Waals surface area contributed by atoms with Crippen molar-refractivity contribution in [1.82, 2.24) is 14.6 Å². The normalized spacial score (nSPS) is 12.3. The zero-order valence-electron chi connectivity index (χ0n) is 12.8. The summed E-state index contributed by atoms with van der Waals surface area (Å²) in [6, 6.07) is 8.72. The predicted octanol–water partition coefficient (Wildman–Crippen LogP) is 2.92. The van der Waals surface area contributed by atoms with Gasteiger partial charge in [0.15, 0.2) is 0 Å². The Morgan fingerprint density at radius 2 is 2.09 bits per heavy atom. The molecule has 2 heterocycles. The summed E-state index contributed by atoms with van der Waals surface area (Å²) in [6.45, 7) is 4.12. The van der Waals surface area contributed by atoms with Gasteiger partial charge in [0, 0.05) is 11.5 Å². The standard InChI is InChI=1S/C16H16N4O2S/c1-3-10(2)14-19-20-15(22)12(9-17-16(20)23-14)18-13(21)11-7-5-4-6-8-11/h4-10H,3H2,1-2H3,(H,18,21). The number of hydrogen-bond acceptors (Lipinski definition) is 5. The molecule has 3 rings (SSSR count). The van der Waals surface area contributed by atoms with Crippen LogP contribution in [0.1, 0.15) is 41.6 Å². The summed E-state index contributed by atoms with van der Waals surface area (Å²) in [5.74, 6) is -0.0784. The van der Waals surface area contributed by atoms with E-state index in [1.807, 2.05) is 6.07 Å². The van der Waals surface area contributed by atoms with Gasteiger partial charge in [-0.05, 0) is 18.6 Å². The van der Waals surface area contributed by atoms with E-state index < -0.39 is 0 Å². The van der Waals surface area contributed by atoms with E-state index in [0.29, 0.717) is 10.5 Å². The van der Waals surface area contributed by atoms with Gasteiger partial charge in [-0.15, -0.1) is 0 Å². The van der Waals surface area contributed by atoms with Crippen molar-refractivity contribution in [2.24, 2.45) is 0 Å². The monoisotopic (exact) mass is 328 g/mol. The maximum atomic E-state index is 12.5. The molecule has 0 aliphatic heterocycles. The first-order valence-corrected chi connectivity index (χ1v) is 8.17. The minimum Gasteiger partial charge on any atom is -0.316 e. The molecule has 7 heteroatoms. The van der Waals surface area contributed by atoms with Gasteiger partial charge in [-0.2, -0.15) is 9.61 Å². The minimum atomic E-state index is -0.370. The Labute approximate surface area is 136 Å². The van der Waals surface area contributed by atoms with Gasteiger partial charge >= 0.3 is 0 Å². The molecular formula is C16H16N4O2S. The number of rotatable bonds is 4. The van der Waals surface area contributed by atoms with E-state index in [2.05, 4.69) is 29.2 Å². The zero-order valence-corrected chi connectivity index (χ0v) is 13.6. The van der Waals surface area contributed by atoms with E-state index in [1.54, 1.807) is 24.3 Å². The van der Waals surface area contributed by atoms with Crippen molar-refractivity contribution >= 4 is 27.9 Å². The third-order valence-electron chi connectivity index (χ3n) is 3.62. The van der Waals surface area contributed by atoms with Crippen LogP contribution in [0.4, 0.5) is 5.69 Å². The van der Waals surface area contributed by atoms with Crippen LogP contribution in [0.15, 0.2) is 41.3 Å². The Bertz CT molecular complexity index is 901. The highest BCUT2D eigenvalue weighted by Crippen LogP contribution is 2.23. The van der Waals surface area contributed by atoms with Crippen molar-refractivity contribution in [3.63, 3.8) is 0 Å². The molecule has 1 N–H and O–H groups in total. The van der Waals surface area contributed by atoms with Crippen LogP contribution >= 0.6 is 11.3 Å². The van der Waals surface area contributed by atoms with Crippen LogP contribution in [0.3, 0.4) is 0 Å². The van der Waals surface area contributed by atoms with E-state index >= 15 is 0 Å². The second-order valence-electron chi connectivity index (χ2n) is 5.24. The van der Waals surface area contributed by atoms with E-state index in [9.17, 15) is 9.59 Å². The summed E-state index contributed by atoms with van der Waals surface area (Å²) in [5.41, 5.74) is 0.234. The molecule has 0 saturated heterocycles. The van der Waals surface area contributed by atoms with Gasteiger partial charge in [-0.3, -0.25) is 9.59 Å². The van der Waals surface area contributed by atoms with Crippen LogP contribution in [0.5, 0.6) is 0 Å². The molecule has 3 aromatic rings. The Morgan fingerprint density at radius 1 is 1.35 bits per heavy atom. The summed E-state index contributed by atoms with van der Waals surface area (Å²) in [7, 11) is 0. The van der Waals surface area contributed by atoms with Crippen LogP contribution < -0.4 is 10.9 Å². The molecule has 0 fully saturated rings. The van der Waals surface area contributed by atoms with Crippen molar-refractivity contribution < 1.29 is 4.79 Å². The number of amides is 1. The Balaban J connectivity index is 1.95. The van der Waals surface area contributed by atoms with Gasteiger partial charge < -0.3 is 5.32 Å². The summed E-state index contributed by atoms with van der Waals surface area (Å²) in [5, 5.41) is 7.80. The number of nitrogens with one attached hydrogen (secondary N) is 1. The molecule has 1 amide bonds. The van der Waals surface area contributed by atoms with Crippen molar-refractivity contribution in [2.45, 2.75) is 26.2 Å². The maximum absolute atomic E-state index is 12.5. The molecule has 0 spiro atoms. The fourth-order valence-electron chi connectivity index (χ4n) is 2.04. The van der Waals surface area contributed by atoms with Crippen LogP contribution in [-0.4, -0.2) is 20.5 Å². The van der Waals surface area contributed by atoms with E-state index in [-0.39, 0.29) is 23.1 Å². The van der Waals surface area contributed by atoms with Gasteiger partial charge in [0.1, 0.15) is 10.7 Å². The fourth-order valence-corrected chi connectivity index (χ4v) is 3.04. The lowest BCUT2D eigenvalue weighted by Gasteiger charge is -2.03. The minimum absolute atomic E-state index is 0.123. The van der Waals surface area contributed by atoms with Gasteiger partial charge in [-0.25, -0.2) is 4.98 Å². The first-order valence-electron chi connectivity index (χ1n) is 7.35. The van der Waals surface area contributed by atoms with Crippen LogP contribution in [0, 0.1) is 0 Å². The number of nitrogens with zero attached hydrogens (tertiary/aromatic N) is 3. The molecule has 0 radical (unpaired) electrons. The molecule has 1 unspecified atom stereocenters. The SMILES string of the molecule is CCC(C)c1nn2c(=O)c(NC(=O)c3ccccc3)cnc2s1. The van der Waals surface area contributed by atoms with Crippen molar-refractivity contribution in [1.29, 1.82) is 0 Å². The molecule has 6 nitrogen and oxygen atoms in total. The third kappa shape index (κ3) is 3.00. The second kappa shape index (κ2) is 6.29. The molecule has 118 valence electrons. The Kier molecular flexibility index (Phi) is 4.20. The van der Waals surface area contributed by atoms with Crippen LogP contribution in [0.2, 0.25) is 0 Å². The van der Waals surface area contributed by atoms with Crippen molar-refractivity contribution in [3.05, 3.63) is 57.5 Å². The van der Waals surface area contributed by atoms with Gasteiger partial charge in [0.05, 0.1) is 6.20 Å². The summed E-state index contributed by atoms with van der Waals surface area (Å²) in [6.07, 6.45) is 2.32. The first kappa shape index (κ1) is 15.4. The number of anilines is 1. The van der Waals surface area contributed by atoms with Gasteiger partial charge in [-0.1, -0.05) is 43.4 Å². The molecule has 2 aromatic heterocycles. The summed E-state index contributed by atoms with van der Waals surface area (Å²) < 4.78 is 1.26. The highest BCUT2D eigenvalue weighted by molar-refractivity contribution is 7.16. The molecule has 0 aliphatic rings. The number of benzene rings is 1. The smallest absolute Gasteiger partial charge is 0.298 e. The van der Waals surface area contributed by atoms with E-state index in [0.717, 1.165) is 11.4 Å². The summed E-state index contributed by atoms with van der Waals surface area (Å²) >= 11 is 1.40. The molecule has 0 aliphatic carbocycles. The lowest BCUT2D eigenvalue weighted by Crippen LogP contribution is -2.23. The highest BCUT2D eigenvalue weighted by atomic mass is 32.1. The lowest BCUT2D eigenvalue weighted by molar-refractivity contribution is 0.102. The van der Waals surface area contributed by atoms with Crippen molar-refractivity contribution in [3.8, 4) is 0 Å². The molecule has 1 atom stereocenters. The summed E-state index contributed by atoms with van der Waals surface area (Å²) in [4.78, 5) is 29.4. The lowest BCUT2D eigenvalue weighted by atomic mass is 10.1. The average Bonchev–Trinajstić information content (AvgIpc) is 3.02. The average molecular weight is 328 g/mol. The highest BCUT2D eigenvalue weighted by Gasteiger charge is 2.15. The first-order chi connectivity index (χ1) is 11.1. The molecule has 0 saturated carbocycles. The predicted molar refractivity (Wildman–Crippen MR) is 90.2 cm³/mol. The largest absolute Gasteiger partial charge is 0.316 e. The van der Waals surface area contributed by atoms with Crippen LogP contribution in [-0.2, 0) is 0 Å². The second-order valence-corrected chi connectivity index (χ2v) is 6.23.